The number of nitrogens with zero attached hydrogens (tertiary/aromatic N) is 4. The van der Waals surface area contributed by atoms with Gasteiger partial charge in [0.1, 0.15) is 0 Å². The molecule has 0 spiro atoms. The van der Waals surface area contributed by atoms with Crippen molar-refractivity contribution in [3.05, 3.63) is 48.4 Å². The molecule has 5 rings (SSSR count). The first-order valence-electron chi connectivity index (χ1n) is 12.8. The van der Waals surface area contributed by atoms with Crippen molar-refractivity contribution in [3.8, 4) is 28.4 Å². The van der Waals surface area contributed by atoms with E-state index in [2.05, 4.69) is 40.9 Å². The Morgan fingerprint density at radius 1 is 1.08 bits per heavy atom. The first-order valence-corrected chi connectivity index (χ1v) is 12.8. The number of urea groups is 1. The Kier molecular flexibility index (Phi) is 7.55. The van der Waals surface area contributed by atoms with Crippen molar-refractivity contribution in [2.24, 2.45) is 5.92 Å². The zero-order valence-corrected chi connectivity index (χ0v) is 21.4. The summed E-state index contributed by atoms with van der Waals surface area (Å²) in [5, 5.41) is 8.68. The third-order valence-electron chi connectivity index (χ3n) is 6.45. The molecule has 38 heavy (non-hydrogen) atoms. The minimum absolute atomic E-state index is 0.0649. The molecule has 1 saturated heterocycles. The smallest absolute Gasteiger partial charge is 0.324 e. The standard InChI is InChI=1S/C27H30N8O3/c1-3-20-19(15-31-27(33-20)38-24(36)16-8-11-28-12-9-16)17-13-18(21-7-5-6-10-30-21)23-22(14-17)32-25(34-23)35-26(37)29-4-2/h5-7,10,13-16,28H,3-4,8-9,11-12H2,1-2H3,(H3,29,32,34,35,37). The van der Waals surface area contributed by atoms with E-state index >= 15 is 0 Å². The van der Waals surface area contributed by atoms with Crippen LogP contribution in [0.2, 0.25) is 0 Å². The molecule has 1 aliphatic heterocycles. The number of hydrogen-bond donors (Lipinski definition) is 4. The van der Waals surface area contributed by atoms with Crippen LogP contribution in [0.1, 0.15) is 32.4 Å². The molecule has 0 bridgehead atoms. The summed E-state index contributed by atoms with van der Waals surface area (Å²) in [4.78, 5) is 46.0. The normalized spacial score (nSPS) is 13.8. The van der Waals surface area contributed by atoms with E-state index in [9.17, 15) is 9.59 Å². The molecule has 4 heterocycles. The van der Waals surface area contributed by atoms with Crippen LogP contribution in [0.4, 0.5) is 10.7 Å². The number of aromatic amines is 1. The zero-order chi connectivity index (χ0) is 26.5. The fraction of sp³-hybridized carbons (Fsp3) is 0.333. The summed E-state index contributed by atoms with van der Waals surface area (Å²) < 4.78 is 5.55. The predicted molar refractivity (Wildman–Crippen MR) is 144 cm³/mol. The van der Waals surface area contributed by atoms with Crippen LogP contribution in [0, 0.1) is 5.92 Å². The molecule has 0 atom stereocenters. The van der Waals surface area contributed by atoms with Gasteiger partial charge in [0.2, 0.25) is 5.95 Å². The van der Waals surface area contributed by atoms with Crippen LogP contribution in [0.15, 0.2) is 42.7 Å². The van der Waals surface area contributed by atoms with Gasteiger partial charge in [0, 0.05) is 30.1 Å². The van der Waals surface area contributed by atoms with Crippen molar-refractivity contribution < 1.29 is 14.3 Å². The van der Waals surface area contributed by atoms with Gasteiger partial charge in [-0.15, -0.1) is 0 Å². The molecule has 0 saturated carbocycles. The Morgan fingerprint density at radius 2 is 1.92 bits per heavy atom. The molecule has 4 N–H and O–H groups in total. The summed E-state index contributed by atoms with van der Waals surface area (Å²) in [7, 11) is 0. The Morgan fingerprint density at radius 3 is 2.66 bits per heavy atom. The van der Waals surface area contributed by atoms with Gasteiger partial charge in [0.25, 0.3) is 0 Å². The van der Waals surface area contributed by atoms with Crippen LogP contribution >= 0.6 is 0 Å². The SMILES string of the molecule is CCNC(=O)Nc1nc2c(-c3ccccn3)cc(-c3cnc(OC(=O)C4CCNCC4)nc3CC)cc2[nH]1. The average Bonchev–Trinajstić information content (AvgIpc) is 3.35. The number of rotatable bonds is 7. The lowest BCUT2D eigenvalue weighted by Gasteiger charge is -2.20. The number of anilines is 1. The highest BCUT2D eigenvalue weighted by Crippen LogP contribution is 2.34. The molecule has 1 fully saturated rings. The lowest BCUT2D eigenvalue weighted by molar-refractivity contribution is -0.140. The predicted octanol–water partition coefficient (Wildman–Crippen LogP) is 3.69. The molecule has 11 nitrogen and oxygen atoms in total. The van der Waals surface area contributed by atoms with Gasteiger partial charge in [-0.05, 0) is 69.1 Å². The lowest BCUT2D eigenvalue weighted by Crippen LogP contribution is -2.34. The molecular formula is C27H30N8O3. The number of carbonyl (C=O) groups excluding carboxylic acids is 2. The highest BCUT2D eigenvalue weighted by molar-refractivity contribution is 5.98. The molecule has 1 aliphatic rings. The maximum absolute atomic E-state index is 12.6. The van der Waals surface area contributed by atoms with Gasteiger partial charge in [0.05, 0.1) is 28.3 Å². The number of amides is 2. The van der Waals surface area contributed by atoms with Crippen molar-refractivity contribution in [1.82, 2.24) is 35.6 Å². The number of pyridine rings is 1. The van der Waals surface area contributed by atoms with Crippen LogP contribution in [0.3, 0.4) is 0 Å². The second-order valence-corrected chi connectivity index (χ2v) is 9.02. The van der Waals surface area contributed by atoms with Crippen molar-refractivity contribution in [2.75, 3.05) is 25.0 Å². The minimum atomic E-state index is -0.345. The Bertz CT molecular complexity index is 1450. The number of nitrogens with one attached hydrogen (secondary N) is 4. The lowest BCUT2D eigenvalue weighted by atomic mass is 9.98. The summed E-state index contributed by atoms with van der Waals surface area (Å²) >= 11 is 0. The van der Waals surface area contributed by atoms with Gasteiger partial charge in [0.15, 0.2) is 0 Å². The van der Waals surface area contributed by atoms with E-state index < -0.39 is 0 Å². The van der Waals surface area contributed by atoms with Crippen LogP contribution in [0.5, 0.6) is 6.01 Å². The van der Waals surface area contributed by atoms with E-state index in [0.717, 1.165) is 59.5 Å². The van der Waals surface area contributed by atoms with Gasteiger partial charge in [-0.2, -0.15) is 4.98 Å². The zero-order valence-electron chi connectivity index (χ0n) is 21.4. The molecular weight excluding hydrogens is 484 g/mol. The van der Waals surface area contributed by atoms with Crippen molar-refractivity contribution in [2.45, 2.75) is 33.1 Å². The fourth-order valence-corrected chi connectivity index (χ4v) is 4.55. The quantitative estimate of drug-likeness (QED) is 0.273. The summed E-state index contributed by atoms with van der Waals surface area (Å²) in [6.45, 7) is 5.94. The van der Waals surface area contributed by atoms with Gasteiger partial charge in [-0.1, -0.05) is 13.0 Å². The van der Waals surface area contributed by atoms with Crippen molar-refractivity contribution in [1.29, 1.82) is 0 Å². The number of imidazole rings is 1. The topological polar surface area (TPSA) is 147 Å². The number of ether oxygens (including phenoxy) is 1. The molecule has 4 aromatic rings. The average molecular weight is 515 g/mol. The van der Waals surface area contributed by atoms with Crippen LogP contribution in [-0.4, -0.2) is 56.6 Å². The van der Waals surface area contributed by atoms with E-state index in [0.29, 0.717) is 24.4 Å². The Hall–Kier alpha value is -4.38. The number of piperidine rings is 1. The first kappa shape index (κ1) is 25.3. The maximum Gasteiger partial charge on any atom is 0.324 e. The molecule has 2 amide bonds. The Labute approximate surface area is 219 Å². The van der Waals surface area contributed by atoms with E-state index in [4.69, 9.17) is 4.74 Å². The molecule has 11 heteroatoms. The highest BCUT2D eigenvalue weighted by atomic mass is 16.5. The third-order valence-corrected chi connectivity index (χ3v) is 6.45. The van der Waals surface area contributed by atoms with Gasteiger partial charge in [-0.25, -0.2) is 14.8 Å². The van der Waals surface area contributed by atoms with E-state index in [1.165, 1.54) is 0 Å². The monoisotopic (exact) mass is 514 g/mol. The van der Waals surface area contributed by atoms with Crippen LogP contribution in [-0.2, 0) is 11.2 Å². The van der Waals surface area contributed by atoms with Crippen LogP contribution < -0.4 is 20.7 Å². The molecule has 3 aromatic heterocycles. The molecule has 0 unspecified atom stereocenters. The van der Waals surface area contributed by atoms with Gasteiger partial charge < -0.3 is 20.4 Å². The van der Waals surface area contributed by atoms with Crippen molar-refractivity contribution in [3.63, 3.8) is 0 Å². The summed E-state index contributed by atoms with van der Waals surface area (Å²) in [6, 6.07) is 9.32. The number of aromatic nitrogens is 5. The third kappa shape index (κ3) is 5.47. The molecule has 1 aromatic carbocycles. The van der Waals surface area contributed by atoms with E-state index in [1.54, 1.807) is 12.4 Å². The summed E-state index contributed by atoms with van der Waals surface area (Å²) in [6.07, 6.45) is 5.51. The van der Waals surface area contributed by atoms with Gasteiger partial charge >= 0.3 is 18.0 Å². The number of H-pyrrole nitrogens is 1. The number of carbonyl (C=O) groups is 2. The summed E-state index contributed by atoms with van der Waals surface area (Å²) in [5.41, 5.74) is 5.33. The molecule has 0 radical (unpaired) electrons. The molecule has 196 valence electrons. The van der Waals surface area contributed by atoms with Crippen molar-refractivity contribution >= 4 is 29.0 Å². The number of hydrogen-bond acceptors (Lipinski definition) is 8. The highest BCUT2D eigenvalue weighted by Gasteiger charge is 2.24. The number of aryl methyl sites for hydroxylation is 1. The molecule has 0 aliphatic carbocycles. The fourth-order valence-electron chi connectivity index (χ4n) is 4.55. The van der Waals surface area contributed by atoms with Gasteiger partial charge in [-0.3, -0.25) is 15.1 Å². The van der Waals surface area contributed by atoms with E-state index in [1.807, 2.05) is 44.2 Å². The minimum Gasteiger partial charge on any atom is -0.391 e. The van der Waals surface area contributed by atoms with E-state index in [-0.39, 0.29) is 23.9 Å². The number of esters is 1. The Balaban J connectivity index is 1.52. The second-order valence-electron chi connectivity index (χ2n) is 9.02. The largest absolute Gasteiger partial charge is 0.391 e. The number of benzene rings is 1. The van der Waals surface area contributed by atoms with Crippen LogP contribution in [0.25, 0.3) is 33.4 Å². The number of fused-ring (bicyclic) bond motifs is 1. The summed E-state index contributed by atoms with van der Waals surface area (Å²) in [5.74, 6) is -0.104. The second kappa shape index (κ2) is 11.3. The maximum atomic E-state index is 12.6. The first-order chi connectivity index (χ1) is 18.6.